The lowest BCUT2D eigenvalue weighted by Gasteiger charge is -2.29. The Morgan fingerprint density at radius 1 is 1.35 bits per heavy atom. The Morgan fingerprint density at radius 2 is 2.29 bits per heavy atom. The molecule has 2 aliphatic heterocycles. The van der Waals surface area contributed by atoms with Crippen molar-refractivity contribution < 1.29 is 4.74 Å². The molecule has 1 aromatic carbocycles. The van der Waals surface area contributed by atoms with Gasteiger partial charge in [-0.15, -0.1) is 0 Å². The second kappa shape index (κ2) is 4.69. The second-order valence-corrected chi connectivity index (χ2v) is 5.36. The van der Waals surface area contributed by atoms with E-state index in [1.807, 2.05) is 0 Å². The monoisotopic (exact) mass is 231 g/mol. The zero-order valence-electron chi connectivity index (χ0n) is 10.5. The fourth-order valence-electron chi connectivity index (χ4n) is 3.20. The first kappa shape index (κ1) is 11.1. The van der Waals surface area contributed by atoms with E-state index in [2.05, 4.69) is 30.4 Å². The average molecular weight is 231 g/mol. The first-order valence-electron chi connectivity index (χ1n) is 6.80. The van der Waals surface area contributed by atoms with E-state index in [0.717, 1.165) is 18.4 Å². The second-order valence-electron chi connectivity index (χ2n) is 5.36. The van der Waals surface area contributed by atoms with Crippen molar-refractivity contribution >= 4 is 0 Å². The number of para-hydroxylation sites is 1. The Hall–Kier alpha value is -1.02. The molecule has 0 aromatic heterocycles. The van der Waals surface area contributed by atoms with Gasteiger partial charge in [-0.05, 0) is 56.2 Å². The molecule has 92 valence electrons. The standard InChI is InChI=1S/C15H21NO/c1-11-4-2-6-14-12(7-9-17-15(11)14)10-13-5-3-8-16-13/h2,4,6,12-13,16H,3,5,7-10H2,1H3. The summed E-state index contributed by atoms with van der Waals surface area (Å²) in [6.07, 6.45) is 5.14. The summed E-state index contributed by atoms with van der Waals surface area (Å²) < 4.78 is 5.83. The highest BCUT2D eigenvalue weighted by Gasteiger charge is 2.26. The van der Waals surface area contributed by atoms with Gasteiger partial charge in [-0.2, -0.15) is 0 Å². The lowest BCUT2D eigenvalue weighted by molar-refractivity contribution is 0.255. The van der Waals surface area contributed by atoms with Crippen LogP contribution in [0.3, 0.4) is 0 Å². The SMILES string of the molecule is Cc1cccc2c1OCCC2CC1CCCN1. The first-order chi connectivity index (χ1) is 8.34. The van der Waals surface area contributed by atoms with Gasteiger partial charge in [-0.25, -0.2) is 0 Å². The van der Waals surface area contributed by atoms with Crippen molar-refractivity contribution in [2.75, 3.05) is 13.2 Å². The molecular formula is C15H21NO. The van der Waals surface area contributed by atoms with Gasteiger partial charge in [0.15, 0.2) is 0 Å². The Kier molecular flexibility index (Phi) is 3.06. The molecule has 2 unspecified atom stereocenters. The molecule has 2 aliphatic rings. The van der Waals surface area contributed by atoms with Gasteiger partial charge in [0.25, 0.3) is 0 Å². The molecule has 2 nitrogen and oxygen atoms in total. The third-order valence-electron chi connectivity index (χ3n) is 4.13. The van der Waals surface area contributed by atoms with E-state index in [9.17, 15) is 0 Å². The predicted molar refractivity (Wildman–Crippen MR) is 69.7 cm³/mol. The van der Waals surface area contributed by atoms with Gasteiger partial charge in [0.1, 0.15) is 5.75 Å². The maximum absolute atomic E-state index is 5.83. The molecule has 0 saturated carbocycles. The maximum Gasteiger partial charge on any atom is 0.125 e. The molecule has 3 rings (SSSR count). The number of fused-ring (bicyclic) bond motifs is 1. The van der Waals surface area contributed by atoms with E-state index >= 15 is 0 Å². The number of aryl methyl sites for hydroxylation is 1. The fourth-order valence-corrected chi connectivity index (χ4v) is 3.20. The summed E-state index contributed by atoms with van der Waals surface area (Å²) in [7, 11) is 0. The Balaban J connectivity index is 1.81. The molecule has 1 N–H and O–H groups in total. The maximum atomic E-state index is 5.83. The average Bonchev–Trinajstić information content (AvgIpc) is 2.83. The molecule has 1 fully saturated rings. The van der Waals surface area contributed by atoms with Gasteiger partial charge >= 0.3 is 0 Å². The van der Waals surface area contributed by atoms with Gasteiger partial charge in [-0.3, -0.25) is 0 Å². The van der Waals surface area contributed by atoms with Gasteiger partial charge in [0.2, 0.25) is 0 Å². The molecule has 2 heteroatoms. The number of rotatable bonds is 2. The van der Waals surface area contributed by atoms with E-state index in [1.54, 1.807) is 0 Å². The highest BCUT2D eigenvalue weighted by Crippen LogP contribution is 2.39. The highest BCUT2D eigenvalue weighted by atomic mass is 16.5. The smallest absolute Gasteiger partial charge is 0.125 e. The minimum absolute atomic E-state index is 0.689. The molecule has 0 bridgehead atoms. The van der Waals surface area contributed by atoms with Crippen LogP contribution in [0.5, 0.6) is 5.75 Å². The van der Waals surface area contributed by atoms with Crippen molar-refractivity contribution in [1.82, 2.24) is 5.32 Å². The largest absolute Gasteiger partial charge is 0.493 e. The van der Waals surface area contributed by atoms with Crippen LogP contribution >= 0.6 is 0 Å². The first-order valence-corrected chi connectivity index (χ1v) is 6.80. The van der Waals surface area contributed by atoms with Gasteiger partial charge in [0, 0.05) is 6.04 Å². The minimum Gasteiger partial charge on any atom is -0.493 e. The number of ether oxygens (including phenoxy) is 1. The van der Waals surface area contributed by atoms with Crippen LogP contribution in [0, 0.1) is 6.92 Å². The topological polar surface area (TPSA) is 21.3 Å². The van der Waals surface area contributed by atoms with Crippen LogP contribution in [0.2, 0.25) is 0 Å². The van der Waals surface area contributed by atoms with Crippen molar-refractivity contribution in [3.63, 3.8) is 0 Å². The number of hydrogen-bond acceptors (Lipinski definition) is 2. The normalized spacial score (nSPS) is 27.6. The van der Waals surface area contributed by atoms with Crippen molar-refractivity contribution in [2.24, 2.45) is 0 Å². The Morgan fingerprint density at radius 3 is 3.12 bits per heavy atom. The molecular weight excluding hydrogens is 210 g/mol. The van der Waals surface area contributed by atoms with Crippen molar-refractivity contribution in [3.05, 3.63) is 29.3 Å². The van der Waals surface area contributed by atoms with Crippen LogP contribution < -0.4 is 10.1 Å². The lowest BCUT2D eigenvalue weighted by Crippen LogP contribution is -2.26. The van der Waals surface area contributed by atoms with Crippen LogP contribution in [-0.2, 0) is 0 Å². The molecule has 0 spiro atoms. The quantitative estimate of drug-likeness (QED) is 0.845. The molecule has 0 aliphatic carbocycles. The fraction of sp³-hybridized carbons (Fsp3) is 0.600. The van der Waals surface area contributed by atoms with Crippen molar-refractivity contribution in [1.29, 1.82) is 0 Å². The Bertz CT molecular complexity index is 396. The molecule has 1 saturated heterocycles. The lowest BCUT2D eigenvalue weighted by atomic mass is 9.86. The van der Waals surface area contributed by atoms with Gasteiger partial charge in [-0.1, -0.05) is 18.2 Å². The van der Waals surface area contributed by atoms with Gasteiger partial charge < -0.3 is 10.1 Å². The molecule has 2 atom stereocenters. The van der Waals surface area contributed by atoms with E-state index in [0.29, 0.717) is 5.92 Å². The van der Waals surface area contributed by atoms with Crippen LogP contribution in [0.15, 0.2) is 18.2 Å². The van der Waals surface area contributed by atoms with Gasteiger partial charge in [0.05, 0.1) is 6.61 Å². The third kappa shape index (κ3) is 2.19. The van der Waals surface area contributed by atoms with Crippen molar-refractivity contribution in [3.8, 4) is 5.75 Å². The summed E-state index contributed by atoms with van der Waals surface area (Å²) in [5.41, 5.74) is 2.72. The van der Waals surface area contributed by atoms with E-state index < -0.39 is 0 Å². The minimum atomic E-state index is 0.689. The van der Waals surface area contributed by atoms with Crippen LogP contribution in [-0.4, -0.2) is 19.2 Å². The number of hydrogen-bond donors (Lipinski definition) is 1. The third-order valence-corrected chi connectivity index (χ3v) is 4.13. The Labute approximate surface area is 103 Å². The zero-order valence-corrected chi connectivity index (χ0v) is 10.5. The van der Waals surface area contributed by atoms with Crippen LogP contribution in [0.25, 0.3) is 0 Å². The molecule has 17 heavy (non-hydrogen) atoms. The van der Waals surface area contributed by atoms with E-state index in [4.69, 9.17) is 4.74 Å². The summed E-state index contributed by atoms with van der Waals surface area (Å²) in [5.74, 6) is 1.84. The van der Waals surface area contributed by atoms with Crippen LogP contribution in [0.1, 0.15) is 42.7 Å². The van der Waals surface area contributed by atoms with E-state index in [-0.39, 0.29) is 0 Å². The molecule has 2 heterocycles. The van der Waals surface area contributed by atoms with Crippen LogP contribution in [0.4, 0.5) is 0 Å². The highest BCUT2D eigenvalue weighted by molar-refractivity contribution is 5.44. The predicted octanol–water partition coefficient (Wildman–Crippen LogP) is 3.00. The molecule has 1 aromatic rings. The summed E-state index contributed by atoms with van der Waals surface area (Å²) in [6.45, 7) is 4.23. The van der Waals surface area contributed by atoms with E-state index in [1.165, 1.54) is 43.4 Å². The number of benzene rings is 1. The summed E-state index contributed by atoms with van der Waals surface area (Å²) in [5, 5.41) is 3.61. The van der Waals surface area contributed by atoms with Crippen molar-refractivity contribution in [2.45, 2.75) is 44.6 Å². The molecule has 0 amide bonds. The summed E-state index contributed by atoms with van der Waals surface area (Å²) >= 11 is 0. The summed E-state index contributed by atoms with van der Waals surface area (Å²) in [6, 6.07) is 7.29. The zero-order chi connectivity index (χ0) is 11.7. The summed E-state index contributed by atoms with van der Waals surface area (Å²) in [4.78, 5) is 0. The molecule has 0 radical (unpaired) electrons. The number of nitrogens with one attached hydrogen (secondary N) is 1.